The summed E-state index contributed by atoms with van der Waals surface area (Å²) in [5.41, 5.74) is 0.735. The molecule has 8 nitrogen and oxygen atoms in total. The van der Waals surface area contributed by atoms with Crippen LogP contribution in [0.3, 0.4) is 0 Å². The molecule has 1 aliphatic rings. The lowest BCUT2D eigenvalue weighted by molar-refractivity contribution is -0.385. The monoisotopic (exact) mass is 427 g/mol. The van der Waals surface area contributed by atoms with Gasteiger partial charge in [0.1, 0.15) is 5.56 Å². The van der Waals surface area contributed by atoms with Crippen molar-refractivity contribution >= 4 is 11.6 Å². The van der Waals surface area contributed by atoms with Crippen LogP contribution in [0, 0.1) is 16.0 Å². The Bertz CT molecular complexity index is 911. The Hall–Kier alpha value is -3.13. The van der Waals surface area contributed by atoms with E-state index < -0.39 is 10.8 Å². The Morgan fingerprint density at radius 3 is 2.35 bits per heavy atom. The van der Waals surface area contributed by atoms with Crippen molar-refractivity contribution in [1.82, 2.24) is 10.2 Å². The van der Waals surface area contributed by atoms with Gasteiger partial charge in [0.25, 0.3) is 11.6 Å². The number of nitrogens with zero attached hydrogens (tertiary/aromatic N) is 2. The molecule has 0 spiro atoms. The van der Waals surface area contributed by atoms with Crippen LogP contribution in [0.4, 0.5) is 5.69 Å². The van der Waals surface area contributed by atoms with Crippen LogP contribution < -0.4 is 14.8 Å². The second kappa shape index (κ2) is 10.3. The average molecular weight is 428 g/mol. The molecular weight excluding hydrogens is 398 g/mol. The predicted molar refractivity (Wildman–Crippen MR) is 118 cm³/mol. The van der Waals surface area contributed by atoms with Crippen LogP contribution in [0.15, 0.2) is 42.5 Å². The lowest BCUT2D eigenvalue weighted by Crippen LogP contribution is -2.42. The Balaban J connectivity index is 1.83. The molecule has 3 rings (SSSR count). The Morgan fingerprint density at radius 2 is 1.77 bits per heavy atom. The number of methoxy groups -OCH3 is 2. The van der Waals surface area contributed by atoms with E-state index in [0.717, 1.165) is 31.5 Å². The molecule has 1 saturated heterocycles. The highest BCUT2D eigenvalue weighted by atomic mass is 16.6. The fourth-order valence-corrected chi connectivity index (χ4v) is 3.96. The van der Waals surface area contributed by atoms with E-state index in [0.29, 0.717) is 12.5 Å². The van der Waals surface area contributed by atoms with Gasteiger partial charge >= 0.3 is 0 Å². The molecule has 1 N–H and O–H groups in total. The van der Waals surface area contributed by atoms with E-state index in [4.69, 9.17) is 9.47 Å². The maximum absolute atomic E-state index is 13.0. The summed E-state index contributed by atoms with van der Waals surface area (Å²) in [5.74, 6) is 0.647. The van der Waals surface area contributed by atoms with E-state index in [1.807, 2.05) is 30.3 Å². The summed E-state index contributed by atoms with van der Waals surface area (Å²) in [6.07, 6.45) is 2.22. The maximum atomic E-state index is 13.0. The number of piperidine rings is 1. The standard InChI is InChI=1S/C23H29N3O5/c1-16-9-11-25(12-10-16)20(17-7-5-4-6-8-17)15-24-23(27)18-13-21(30-2)22(31-3)14-19(18)26(28)29/h4-8,13-14,16,20H,9-12,15H2,1-3H3,(H,24,27). The number of hydrogen-bond donors (Lipinski definition) is 1. The summed E-state index contributed by atoms with van der Waals surface area (Å²) < 4.78 is 10.4. The number of nitro benzene ring substituents is 1. The van der Waals surface area contributed by atoms with Crippen molar-refractivity contribution in [2.45, 2.75) is 25.8 Å². The highest BCUT2D eigenvalue weighted by Crippen LogP contribution is 2.34. The normalized spacial score (nSPS) is 15.8. The first-order chi connectivity index (χ1) is 14.9. The molecule has 2 aromatic carbocycles. The van der Waals surface area contributed by atoms with E-state index in [-0.39, 0.29) is 28.8 Å². The molecule has 0 saturated carbocycles. The number of nitrogens with one attached hydrogen (secondary N) is 1. The minimum absolute atomic E-state index is 0.00292. The van der Waals surface area contributed by atoms with Gasteiger partial charge in [0.05, 0.1) is 31.3 Å². The fourth-order valence-electron chi connectivity index (χ4n) is 3.96. The number of rotatable bonds is 8. The van der Waals surface area contributed by atoms with Crippen LogP contribution in [-0.4, -0.2) is 49.6 Å². The third-order valence-electron chi connectivity index (χ3n) is 5.84. The minimum Gasteiger partial charge on any atom is -0.493 e. The largest absolute Gasteiger partial charge is 0.493 e. The zero-order valence-electron chi connectivity index (χ0n) is 18.2. The van der Waals surface area contributed by atoms with E-state index in [9.17, 15) is 14.9 Å². The molecule has 0 aromatic heterocycles. The number of ether oxygens (including phenoxy) is 2. The van der Waals surface area contributed by atoms with Gasteiger partial charge in [0.2, 0.25) is 0 Å². The molecule has 0 bridgehead atoms. The summed E-state index contributed by atoms with van der Waals surface area (Å²) in [6, 6.07) is 12.6. The van der Waals surface area contributed by atoms with E-state index in [1.54, 1.807) is 0 Å². The number of likely N-dealkylation sites (tertiary alicyclic amines) is 1. The molecule has 1 aliphatic heterocycles. The number of amides is 1. The smallest absolute Gasteiger partial charge is 0.286 e. The highest BCUT2D eigenvalue weighted by Gasteiger charge is 2.28. The zero-order chi connectivity index (χ0) is 22.4. The highest BCUT2D eigenvalue weighted by molar-refractivity contribution is 5.99. The number of nitro groups is 1. The third-order valence-corrected chi connectivity index (χ3v) is 5.84. The summed E-state index contributed by atoms with van der Waals surface area (Å²) in [5, 5.41) is 14.5. The SMILES string of the molecule is COc1cc(C(=O)NCC(c2ccccc2)N2CCC(C)CC2)c([N+](=O)[O-])cc1OC. The summed E-state index contributed by atoms with van der Waals surface area (Å²) in [4.78, 5) is 26.3. The topological polar surface area (TPSA) is 93.9 Å². The Labute approximate surface area is 182 Å². The van der Waals surface area contributed by atoms with Crippen molar-refractivity contribution in [2.24, 2.45) is 5.92 Å². The first-order valence-electron chi connectivity index (χ1n) is 10.4. The molecule has 1 fully saturated rings. The Kier molecular flexibility index (Phi) is 7.46. The lowest BCUT2D eigenvalue weighted by atomic mass is 9.95. The third kappa shape index (κ3) is 5.32. The maximum Gasteiger partial charge on any atom is 0.286 e. The number of carbonyl (C=O) groups excluding carboxylic acids is 1. The first-order valence-corrected chi connectivity index (χ1v) is 10.4. The molecule has 1 unspecified atom stereocenters. The van der Waals surface area contributed by atoms with Gasteiger partial charge in [-0.15, -0.1) is 0 Å². The lowest BCUT2D eigenvalue weighted by Gasteiger charge is -2.37. The van der Waals surface area contributed by atoms with Crippen molar-refractivity contribution in [1.29, 1.82) is 0 Å². The second-order valence-corrected chi connectivity index (χ2v) is 7.84. The zero-order valence-corrected chi connectivity index (χ0v) is 18.2. The molecule has 1 heterocycles. The summed E-state index contributed by atoms with van der Waals surface area (Å²) >= 11 is 0. The van der Waals surface area contributed by atoms with Crippen LogP contribution in [0.25, 0.3) is 0 Å². The van der Waals surface area contributed by atoms with Crippen molar-refractivity contribution < 1.29 is 19.2 Å². The van der Waals surface area contributed by atoms with E-state index in [1.165, 1.54) is 26.4 Å². The van der Waals surface area contributed by atoms with Gasteiger partial charge in [0, 0.05) is 12.6 Å². The Morgan fingerprint density at radius 1 is 1.16 bits per heavy atom. The number of carbonyl (C=O) groups is 1. The molecular formula is C23H29N3O5. The molecule has 8 heteroatoms. The molecule has 2 aromatic rings. The first kappa shape index (κ1) is 22.6. The van der Waals surface area contributed by atoms with Crippen molar-refractivity contribution in [3.63, 3.8) is 0 Å². The quantitative estimate of drug-likeness (QED) is 0.509. The minimum atomic E-state index is -0.586. The molecule has 1 atom stereocenters. The van der Waals surface area contributed by atoms with Gasteiger partial charge in [-0.3, -0.25) is 19.8 Å². The number of hydrogen-bond acceptors (Lipinski definition) is 6. The molecule has 31 heavy (non-hydrogen) atoms. The van der Waals surface area contributed by atoms with Gasteiger partial charge in [-0.1, -0.05) is 37.3 Å². The molecule has 1 amide bonds. The van der Waals surface area contributed by atoms with Gasteiger partial charge in [0.15, 0.2) is 11.5 Å². The molecule has 0 aliphatic carbocycles. The van der Waals surface area contributed by atoms with Crippen LogP contribution >= 0.6 is 0 Å². The van der Waals surface area contributed by atoms with Gasteiger partial charge in [-0.05, 0) is 37.4 Å². The molecule has 0 radical (unpaired) electrons. The van der Waals surface area contributed by atoms with Crippen molar-refractivity contribution in [3.05, 3.63) is 63.7 Å². The van der Waals surface area contributed by atoms with E-state index in [2.05, 4.69) is 17.1 Å². The van der Waals surface area contributed by atoms with Crippen molar-refractivity contribution in [3.8, 4) is 11.5 Å². The van der Waals surface area contributed by atoms with Crippen LogP contribution in [-0.2, 0) is 0 Å². The van der Waals surface area contributed by atoms with E-state index >= 15 is 0 Å². The predicted octanol–water partition coefficient (Wildman–Crippen LogP) is 3.82. The average Bonchev–Trinajstić information content (AvgIpc) is 2.79. The van der Waals surface area contributed by atoms with Gasteiger partial charge in [-0.25, -0.2) is 0 Å². The van der Waals surface area contributed by atoms with Crippen LogP contribution in [0.1, 0.15) is 41.7 Å². The summed E-state index contributed by atoms with van der Waals surface area (Å²) in [7, 11) is 2.82. The van der Waals surface area contributed by atoms with Gasteiger partial charge in [-0.2, -0.15) is 0 Å². The van der Waals surface area contributed by atoms with Gasteiger partial charge < -0.3 is 14.8 Å². The number of benzene rings is 2. The van der Waals surface area contributed by atoms with Crippen LogP contribution in [0.2, 0.25) is 0 Å². The summed E-state index contributed by atoms with van der Waals surface area (Å²) in [6.45, 7) is 4.51. The molecule has 166 valence electrons. The van der Waals surface area contributed by atoms with Crippen LogP contribution in [0.5, 0.6) is 11.5 Å². The fraction of sp³-hybridized carbons (Fsp3) is 0.435. The second-order valence-electron chi connectivity index (χ2n) is 7.84. The van der Waals surface area contributed by atoms with Crippen molar-refractivity contribution in [2.75, 3.05) is 33.9 Å².